The molecule has 0 radical (unpaired) electrons. The van der Waals surface area contributed by atoms with E-state index in [2.05, 4.69) is 5.32 Å². The van der Waals surface area contributed by atoms with Gasteiger partial charge >= 0.3 is 6.03 Å². The topological polar surface area (TPSA) is 52.6 Å². The van der Waals surface area contributed by atoms with Gasteiger partial charge in [0.15, 0.2) is 0 Å². The molecule has 98 valence electrons. The van der Waals surface area contributed by atoms with Crippen molar-refractivity contribution in [2.75, 3.05) is 7.05 Å². The van der Waals surface area contributed by atoms with Gasteiger partial charge in [0.05, 0.1) is 6.54 Å². The lowest BCUT2D eigenvalue weighted by atomic mass is 10.0. The van der Waals surface area contributed by atoms with Crippen LogP contribution in [-0.4, -0.2) is 23.3 Å². The first kappa shape index (κ1) is 13.1. The summed E-state index contributed by atoms with van der Waals surface area (Å²) in [5, 5.41) is 12.5. The molecule has 2 aromatic carbocycles. The van der Waals surface area contributed by atoms with E-state index >= 15 is 0 Å². The van der Waals surface area contributed by atoms with Gasteiger partial charge in [-0.1, -0.05) is 54.6 Å². The third-order valence-corrected chi connectivity index (χ3v) is 2.84. The Bertz CT molecular complexity index is 538. The summed E-state index contributed by atoms with van der Waals surface area (Å²) in [7, 11) is 1.48. The second kappa shape index (κ2) is 6.02. The van der Waals surface area contributed by atoms with E-state index in [0.717, 1.165) is 16.7 Å². The number of hydrogen-bond donors (Lipinski definition) is 2. The fourth-order valence-corrected chi connectivity index (χ4v) is 1.81. The van der Waals surface area contributed by atoms with Gasteiger partial charge in [-0.15, -0.1) is 0 Å². The van der Waals surface area contributed by atoms with Crippen LogP contribution in [0, 0.1) is 0 Å². The van der Waals surface area contributed by atoms with Crippen molar-refractivity contribution in [3.8, 4) is 11.1 Å². The summed E-state index contributed by atoms with van der Waals surface area (Å²) in [6, 6.07) is 17.3. The van der Waals surface area contributed by atoms with Crippen LogP contribution in [0.2, 0.25) is 0 Å². The first-order valence-electron chi connectivity index (χ1n) is 6.03. The average molecular weight is 256 g/mol. The summed E-state index contributed by atoms with van der Waals surface area (Å²) < 4.78 is 0. The number of benzene rings is 2. The smallest absolute Gasteiger partial charge is 0.339 e. The maximum Gasteiger partial charge on any atom is 0.341 e. The molecule has 0 spiro atoms. The fraction of sp³-hybridized carbons (Fsp3) is 0.133. The quantitative estimate of drug-likeness (QED) is 0.655. The Labute approximate surface area is 112 Å². The summed E-state index contributed by atoms with van der Waals surface area (Å²) in [4.78, 5) is 11.2. The van der Waals surface area contributed by atoms with Gasteiger partial charge in [0, 0.05) is 7.05 Å². The summed E-state index contributed by atoms with van der Waals surface area (Å²) in [5.74, 6) is 0. The number of amides is 2. The minimum atomic E-state index is -0.521. The van der Waals surface area contributed by atoms with Crippen LogP contribution in [0.3, 0.4) is 0 Å². The largest absolute Gasteiger partial charge is 0.341 e. The minimum Gasteiger partial charge on any atom is -0.339 e. The van der Waals surface area contributed by atoms with E-state index in [0.29, 0.717) is 5.06 Å². The highest BCUT2D eigenvalue weighted by atomic mass is 16.5. The predicted octanol–water partition coefficient (Wildman–Crippen LogP) is 2.88. The summed E-state index contributed by atoms with van der Waals surface area (Å²) in [5.41, 5.74) is 3.11. The molecule has 0 aliphatic carbocycles. The van der Waals surface area contributed by atoms with E-state index in [1.807, 2.05) is 54.6 Å². The number of hydrogen-bond acceptors (Lipinski definition) is 2. The lowest BCUT2D eigenvalue weighted by Crippen LogP contribution is -2.34. The first-order valence-corrected chi connectivity index (χ1v) is 6.03. The van der Waals surface area contributed by atoms with Crippen LogP contribution in [0.4, 0.5) is 4.79 Å². The van der Waals surface area contributed by atoms with Gasteiger partial charge in [-0.05, 0) is 16.7 Å². The number of carbonyl (C=O) groups excluding carboxylic acids is 1. The predicted molar refractivity (Wildman–Crippen MR) is 73.7 cm³/mol. The van der Waals surface area contributed by atoms with Crippen molar-refractivity contribution in [1.82, 2.24) is 10.4 Å². The molecule has 0 aromatic heterocycles. The second-order valence-electron chi connectivity index (χ2n) is 4.18. The number of nitrogens with one attached hydrogen (secondary N) is 1. The molecule has 4 heteroatoms. The van der Waals surface area contributed by atoms with Gasteiger partial charge in [-0.25, -0.2) is 9.86 Å². The molecule has 0 aliphatic heterocycles. The van der Waals surface area contributed by atoms with Crippen molar-refractivity contribution in [3.05, 3.63) is 60.2 Å². The number of urea groups is 1. The molecule has 2 amide bonds. The van der Waals surface area contributed by atoms with Gasteiger partial charge in [0.2, 0.25) is 0 Å². The molecule has 0 aliphatic rings. The molecule has 0 fully saturated rings. The van der Waals surface area contributed by atoms with Crippen molar-refractivity contribution < 1.29 is 10.0 Å². The fourth-order valence-electron chi connectivity index (χ4n) is 1.81. The summed E-state index contributed by atoms with van der Waals surface area (Å²) in [6.45, 7) is 0.161. The molecule has 2 N–H and O–H groups in total. The van der Waals surface area contributed by atoms with Gasteiger partial charge in [-0.2, -0.15) is 0 Å². The molecule has 0 bridgehead atoms. The Morgan fingerprint density at radius 1 is 1.05 bits per heavy atom. The summed E-state index contributed by atoms with van der Waals surface area (Å²) in [6.07, 6.45) is 0. The Morgan fingerprint density at radius 2 is 1.63 bits per heavy atom. The van der Waals surface area contributed by atoms with E-state index in [1.165, 1.54) is 7.05 Å². The standard InChI is InChI=1S/C15H16N2O2/c1-16-15(18)17(19)11-12-7-9-14(10-8-12)13-5-3-2-4-6-13/h2-10,19H,11H2,1H3,(H,16,18). The van der Waals surface area contributed by atoms with Crippen LogP contribution in [0.15, 0.2) is 54.6 Å². The Morgan fingerprint density at radius 3 is 2.21 bits per heavy atom. The zero-order valence-electron chi connectivity index (χ0n) is 10.7. The number of rotatable bonds is 3. The molecule has 4 nitrogen and oxygen atoms in total. The zero-order chi connectivity index (χ0) is 13.7. The molecule has 0 saturated heterocycles. The van der Waals surface area contributed by atoms with Crippen LogP contribution >= 0.6 is 0 Å². The highest BCUT2D eigenvalue weighted by molar-refractivity contribution is 5.72. The molecule has 0 heterocycles. The second-order valence-corrected chi connectivity index (χ2v) is 4.18. The van der Waals surface area contributed by atoms with E-state index in [-0.39, 0.29) is 6.54 Å². The van der Waals surface area contributed by atoms with Crippen molar-refractivity contribution in [2.45, 2.75) is 6.54 Å². The van der Waals surface area contributed by atoms with Gasteiger partial charge < -0.3 is 5.32 Å². The number of hydroxylamine groups is 2. The van der Waals surface area contributed by atoms with Crippen molar-refractivity contribution in [1.29, 1.82) is 0 Å². The minimum absolute atomic E-state index is 0.161. The maximum atomic E-state index is 11.2. The van der Waals surface area contributed by atoms with Crippen LogP contribution < -0.4 is 5.32 Å². The van der Waals surface area contributed by atoms with Crippen LogP contribution in [0.25, 0.3) is 11.1 Å². The van der Waals surface area contributed by atoms with Crippen molar-refractivity contribution in [3.63, 3.8) is 0 Å². The molecule has 0 saturated carbocycles. The highest BCUT2D eigenvalue weighted by Gasteiger charge is 2.08. The van der Waals surface area contributed by atoms with Crippen molar-refractivity contribution in [2.24, 2.45) is 0 Å². The SMILES string of the molecule is CNC(=O)N(O)Cc1ccc(-c2ccccc2)cc1. The van der Waals surface area contributed by atoms with E-state index in [1.54, 1.807) is 0 Å². The molecule has 19 heavy (non-hydrogen) atoms. The monoisotopic (exact) mass is 256 g/mol. The van der Waals surface area contributed by atoms with Crippen LogP contribution in [0.5, 0.6) is 0 Å². The maximum absolute atomic E-state index is 11.2. The van der Waals surface area contributed by atoms with Gasteiger partial charge in [0.25, 0.3) is 0 Å². The normalized spacial score (nSPS) is 10.0. The molecular formula is C15H16N2O2. The highest BCUT2D eigenvalue weighted by Crippen LogP contribution is 2.19. The van der Waals surface area contributed by atoms with E-state index in [9.17, 15) is 10.0 Å². The lowest BCUT2D eigenvalue weighted by Gasteiger charge is -2.14. The van der Waals surface area contributed by atoms with Gasteiger partial charge in [0.1, 0.15) is 0 Å². The third kappa shape index (κ3) is 3.33. The van der Waals surface area contributed by atoms with Gasteiger partial charge in [-0.3, -0.25) is 5.21 Å². The molecule has 2 rings (SSSR count). The molecule has 0 atom stereocenters. The molecule has 0 unspecified atom stereocenters. The summed E-state index contributed by atoms with van der Waals surface area (Å²) >= 11 is 0. The number of nitrogens with zero attached hydrogens (tertiary/aromatic N) is 1. The van der Waals surface area contributed by atoms with Crippen LogP contribution in [-0.2, 0) is 6.54 Å². The van der Waals surface area contributed by atoms with Crippen LogP contribution in [0.1, 0.15) is 5.56 Å². The molecule has 2 aromatic rings. The first-order chi connectivity index (χ1) is 9.20. The lowest BCUT2D eigenvalue weighted by molar-refractivity contribution is -0.0501. The third-order valence-electron chi connectivity index (χ3n) is 2.84. The average Bonchev–Trinajstić information content (AvgIpc) is 2.48. The molecular weight excluding hydrogens is 240 g/mol. The Kier molecular flexibility index (Phi) is 4.15. The van der Waals surface area contributed by atoms with E-state index in [4.69, 9.17) is 0 Å². The Hall–Kier alpha value is -2.33. The number of carbonyl (C=O) groups is 1. The van der Waals surface area contributed by atoms with E-state index < -0.39 is 6.03 Å². The van der Waals surface area contributed by atoms with Crippen molar-refractivity contribution >= 4 is 6.03 Å². The zero-order valence-corrected chi connectivity index (χ0v) is 10.7. The Balaban J connectivity index is 2.09.